The average molecular weight is 315 g/mol. The molecule has 9 nitrogen and oxygen atoms in total. The van der Waals surface area contributed by atoms with Crippen molar-refractivity contribution >= 4 is 27.8 Å². The molecule has 2 heterocycles. The van der Waals surface area contributed by atoms with Crippen LogP contribution in [0.1, 0.15) is 17.4 Å². The molecule has 1 aromatic rings. The van der Waals surface area contributed by atoms with Crippen LogP contribution in [-0.4, -0.2) is 52.8 Å². The van der Waals surface area contributed by atoms with Crippen LogP contribution < -0.4 is 5.32 Å². The summed E-state index contributed by atoms with van der Waals surface area (Å²) in [5.74, 6) is -2.72. The van der Waals surface area contributed by atoms with E-state index < -0.39 is 40.4 Å². The number of hydrogen-bond donors (Lipinski definition) is 2. The van der Waals surface area contributed by atoms with Crippen molar-refractivity contribution in [3.8, 4) is 0 Å². The summed E-state index contributed by atoms with van der Waals surface area (Å²) in [7, 11) is -2.76. The first kappa shape index (κ1) is 15.2. The largest absolute Gasteiger partial charge is 0.477 e. The van der Waals surface area contributed by atoms with Crippen molar-refractivity contribution in [1.82, 2.24) is 14.2 Å². The van der Waals surface area contributed by atoms with Gasteiger partial charge in [-0.05, 0) is 13.0 Å². The van der Waals surface area contributed by atoms with Gasteiger partial charge in [0.05, 0.1) is 6.54 Å². The van der Waals surface area contributed by atoms with E-state index in [1.165, 1.54) is 14.0 Å². The third-order valence-electron chi connectivity index (χ3n) is 3.18. The number of nitrogens with one attached hydrogen (secondary N) is 1. The maximum atomic E-state index is 12.5. The molecule has 2 amide bonds. The van der Waals surface area contributed by atoms with Gasteiger partial charge in [0.15, 0.2) is 0 Å². The fourth-order valence-electron chi connectivity index (χ4n) is 2.01. The molecular weight excluding hydrogens is 302 g/mol. The first-order valence-electron chi connectivity index (χ1n) is 5.90. The molecule has 1 unspecified atom stereocenters. The molecule has 21 heavy (non-hydrogen) atoms. The molecule has 0 bridgehead atoms. The lowest BCUT2D eigenvalue weighted by molar-refractivity contribution is -0.136. The molecule has 2 rings (SSSR count). The number of aromatic nitrogens is 1. The molecule has 0 aliphatic carbocycles. The number of aryl methyl sites for hydroxylation is 1. The predicted octanol–water partition coefficient (Wildman–Crippen LogP) is -1.24. The number of imide groups is 1. The normalized spacial score (nSPS) is 20.4. The van der Waals surface area contributed by atoms with Gasteiger partial charge in [-0.25, -0.2) is 13.2 Å². The van der Waals surface area contributed by atoms with E-state index in [1.54, 1.807) is 0 Å². The molecule has 0 aromatic carbocycles. The van der Waals surface area contributed by atoms with Gasteiger partial charge in [0, 0.05) is 13.2 Å². The Bertz CT molecular complexity index is 735. The van der Waals surface area contributed by atoms with Gasteiger partial charge >= 0.3 is 5.97 Å². The van der Waals surface area contributed by atoms with E-state index in [0.717, 1.165) is 21.1 Å². The van der Waals surface area contributed by atoms with Crippen LogP contribution in [-0.2, 0) is 26.7 Å². The van der Waals surface area contributed by atoms with Crippen LogP contribution in [0.4, 0.5) is 0 Å². The zero-order chi connectivity index (χ0) is 15.9. The average Bonchev–Trinajstić information content (AvgIpc) is 2.76. The van der Waals surface area contributed by atoms with Gasteiger partial charge in [-0.2, -0.15) is 4.31 Å². The third-order valence-corrected chi connectivity index (χ3v) is 5.06. The summed E-state index contributed by atoms with van der Waals surface area (Å²) in [4.78, 5) is 33.6. The number of rotatable bonds is 3. The number of hydrogen-bond acceptors (Lipinski definition) is 5. The summed E-state index contributed by atoms with van der Waals surface area (Å²) in [6, 6.07) is -0.0670. The maximum Gasteiger partial charge on any atom is 0.352 e. The highest BCUT2D eigenvalue weighted by atomic mass is 32.2. The zero-order valence-corrected chi connectivity index (χ0v) is 12.0. The SMILES string of the molecule is CC1C(=O)NC(=O)CN1S(=O)(=O)c1cc(C(=O)O)n(C)c1. The van der Waals surface area contributed by atoms with Crippen LogP contribution in [0.2, 0.25) is 0 Å². The summed E-state index contributed by atoms with van der Waals surface area (Å²) in [5.41, 5.74) is -0.214. The van der Waals surface area contributed by atoms with Crippen molar-refractivity contribution in [2.24, 2.45) is 7.05 Å². The van der Waals surface area contributed by atoms with Crippen LogP contribution in [0, 0.1) is 0 Å². The Balaban J connectivity index is 2.46. The second-order valence-electron chi connectivity index (χ2n) is 4.62. The highest BCUT2D eigenvalue weighted by Gasteiger charge is 2.39. The fraction of sp³-hybridized carbons (Fsp3) is 0.364. The maximum absolute atomic E-state index is 12.5. The van der Waals surface area contributed by atoms with Gasteiger partial charge in [0.2, 0.25) is 21.8 Å². The van der Waals surface area contributed by atoms with Crippen LogP contribution in [0.25, 0.3) is 0 Å². The molecule has 1 aliphatic rings. The van der Waals surface area contributed by atoms with E-state index in [4.69, 9.17) is 5.11 Å². The Hall–Kier alpha value is -2.20. The van der Waals surface area contributed by atoms with Gasteiger partial charge in [-0.15, -0.1) is 0 Å². The number of carboxylic acids is 1. The number of piperazine rings is 1. The first-order valence-corrected chi connectivity index (χ1v) is 7.34. The molecule has 1 saturated heterocycles. The van der Waals surface area contributed by atoms with Crippen molar-refractivity contribution in [3.05, 3.63) is 18.0 Å². The minimum absolute atomic E-state index is 0.214. The van der Waals surface area contributed by atoms with Crippen LogP contribution >= 0.6 is 0 Å². The number of amides is 2. The summed E-state index contributed by atoms with van der Waals surface area (Å²) in [6.07, 6.45) is 1.13. The smallest absolute Gasteiger partial charge is 0.352 e. The van der Waals surface area contributed by atoms with Crippen molar-refractivity contribution in [1.29, 1.82) is 0 Å². The third kappa shape index (κ3) is 2.54. The van der Waals surface area contributed by atoms with E-state index in [9.17, 15) is 22.8 Å². The topological polar surface area (TPSA) is 126 Å². The number of aromatic carboxylic acids is 1. The molecule has 0 spiro atoms. The van der Waals surface area contributed by atoms with E-state index in [0.29, 0.717) is 0 Å². The number of sulfonamides is 1. The second-order valence-corrected chi connectivity index (χ2v) is 6.51. The number of nitrogens with zero attached hydrogens (tertiary/aromatic N) is 2. The Morgan fingerprint density at radius 2 is 2.05 bits per heavy atom. The number of carbonyl (C=O) groups is 3. The van der Waals surface area contributed by atoms with Crippen molar-refractivity contribution in [2.45, 2.75) is 17.9 Å². The molecule has 1 atom stereocenters. The summed E-state index contributed by atoms with van der Waals surface area (Å²) in [6.45, 7) is 0.854. The first-order chi connectivity index (χ1) is 9.64. The Morgan fingerprint density at radius 1 is 1.43 bits per heavy atom. The van der Waals surface area contributed by atoms with Crippen molar-refractivity contribution in [2.75, 3.05) is 6.54 Å². The van der Waals surface area contributed by atoms with Gasteiger partial charge in [-0.1, -0.05) is 0 Å². The minimum Gasteiger partial charge on any atom is -0.477 e. The van der Waals surface area contributed by atoms with Gasteiger partial charge in [-0.3, -0.25) is 14.9 Å². The molecule has 10 heteroatoms. The Kier molecular flexibility index (Phi) is 3.59. The van der Waals surface area contributed by atoms with Crippen LogP contribution in [0.5, 0.6) is 0 Å². The van der Waals surface area contributed by atoms with Gasteiger partial charge in [0.1, 0.15) is 16.6 Å². The molecular formula is C11H13N3O6S. The van der Waals surface area contributed by atoms with E-state index in [-0.39, 0.29) is 10.6 Å². The van der Waals surface area contributed by atoms with Gasteiger partial charge < -0.3 is 9.67 Å². The van der Waals surface area contributed by atoms with Crippen LogP contribution in [0.15, 0.2) is 17.2 Å². The summed E-state index contributed by atoms with van der Waals surface area (Å²) >= 11 is 0. The lowest BCUT2D eigenvalue weighted by Gasteiger charge is -2.30. The fourth-order valence-corrected chi connectivity index (χ4v) is 3.63. The molecule has 0 saturated carbocycles. The Labute approximate surface area is 120 Å². The van der Waals surface area contributed by atoms with E-state index >= 15 is 0 Å². The quantitative estimate of drug-likeness (QED) is 0.672. The molecule has 114 valence electrons. The summed E-state index contributed by atoms with van der Waals surface area (Å²) in [5, 5.41) is 11.0. The predicted molar refractivity (Wildman–Crippen MR) is 68.9 cm³/mol. The second kappa shape index (κ2) is 4.97. The molecule has 1 aliphatic heterocycles. The van der Waals surface area contributed by atoms with Gasteiger partial charge in [0.25, 0.3) is 0 Å². The number of carboxylic acid groups (broad SMARTS) is 1. The lowest BCUT2D eigenvalue weighted by Crippen LogP contribution is -2.58. The van der Waals surface area contributed by atoms with Crippen LogP contribution in [0.3, 0.4) is 0 Å². The molecule has 1 aromatic heterocycles. The molecule has 2 N–H and O–H groups in total. The van der Waals surface area contributed by atoms with Crippen molar-refractivity contribution < 1.29 is 27.9 Å². The highest BCUT2D eigenvalue weighted by molar-refractivity contribution is 7.89. The van der Waals surface area contributed by atoms with E-state index in [1.807, 2.05) is 5.32 Å². The highest BCUT2D eigenvalue weighted by Crippen LogP contribution is 2.22. The van der Waals surface area contributed by atoms with Crippen molar-refractivity contribution in [3.63, 3.8) is 0 Å². The molecule has 0 radical (unpaired) electrons. The summed E-state index contributed by atoms with van der Waals surface area (Å²) < 4.78 is 26.8. The van der Waals surface area contributed by atoms with E-state index in [2.05, 4.69) is 0 Å². The lowest BCUT2D eigenvalue weighted by atomic mass is 10.2. The standard InChI is InChI=1S/C11H13N3O6S/c1-6-10(16)12-9(15)5-14(6)21(19,20)7-3-8(11(17)18)13(2)4-7/h3-4,6H,5H2,1-2H3,(H,17,18)(H,12,15,16). The monoisotopic (exact) mass is 315 g/mol. The minimum atomic E-state index is -4.14. The Morgan fingerprint density at radius 3 is 2.57 bits per heavy atom. The molecule has 1 fully saturated rings. The zero-order valence-electron chi connectivity index (χ0n) is 11.2. The number of carbonyl (C=O) groups excluding carboxylic acids is 2.